The van der Waals surface area contributed by atoms with Gasteiger partial charge in [0.25, 0.3) is 11.8 Å². The van der Waals surface area contributed by atoms with Crippen LogP contribution in [0.15, 0.2) is 18.2 Å². The fourth-order valence-electron chi connectivity index (χ4n) is 4.32. The first-order valence-electron chi connectivity index (χ1n) is 10.6. The lowest BCUT2D eigenvalue weighted by Gasteiger charge is -2.20. The van der Waals surface area contributed by atoms with Gasteiger partial charge in [-0.05, 0) is 70.4 Å². The number of Topliss-reactive ketones (excluding diaryl/α,β-unsaturated/α-hetero) is 1. The Balaban J connectivity index is 1.64. The molecular weight excluding hydrogens is 394 g/mol. The van der Waals surface area contributed by atoms with Crippen LogP contribution in [0.4, 0.5) is 5.69 Å². The van der Waals surface area contributed by atoms with E-state index in [-0.39, 0.29) is 29.7 Å². The lowest BCUT2D eigenvalue weighted by Crippen LogP contribution is -2.41. The Morgan fingerprint density at radius 3 is 2.74 bits per heavy atom. The van der Waals surface area contributed by atoms with Crippen LogP contribution in [-0.2, 0) is 9.53 Å². The van der Waals surface area contributed by atoms with Crippen LogP contribution in [0.3, 0.4) is 0 Å². The Morgan fingerprint density at radius 1 is 1.29 bits per heavy atom. The second-order valence-corrected chi connectivity index (χ2v) is 8.31. The molecule has 31 heavy (non-hydrogen) atoms. The molecule has 2 aliphatic heterocycles. The molecule has 2 unspecified atom stereocenters. The van der Waals surface area contributed by atoms with Crippen molar-refractivity contribution in [3.05, 3.63) is 51.8 Å². The van der Waals surface area contributed by atoms with Crippen molar-refractivity contribution in [2.24, 2.45) is 0 Å². The Bertz CT molecular complexity index is 1110. The number of ether oxygens (including phenoxy) is 1. The van der Waals surface area contributed by atoms with Crippen LogP contribution in [0.25, 0.3) is 11.6 Å². The summed E-state index contributed by atoms with van der Waals surface area (Å²) in [6.07, 6.45) is 3.74. The minimum atomic E-state index is -0.236. The molecule has 2 atom stereocenters. The molecule has 4 rings (SSSR count). The molecule has 1 aromatic carbocycles. The predicted octanol–water partition coefficient (Wildman–Crippen LogP) is 3.62. The molecule has 2 aliphatic rings. The van der Waals surface area contributed by atoms with Gasteiger partial charge in [0, 0.05) is 34.8 Å². The number of carbonyl (C=O) groups is 3. The Labute approximate surface area is 181 Å². The van der Waals surface area contributed by atoms with Crippen LogP contribution >= 0.6 is 0 Å². The summed E-state index contributed by atoms with van der Waals surface area (Å²) in [5.74, 6) is -0.456. The third-order valence-corrected chi connectivity index (χ3v) is 6.08. The molecule has 7 nitrogen and oxygen atoms in total. The molecule has 0 saturated carbocycles. The van der Waals surface area contributed by atoms with Gasteiger partial charge < -0.3 is 20.4 Å². The van der Waals surface area contributed by atoms with Gasteiger partial charge >= 0.3 is 0 Å². The number of amides is 2. The van der Waals surface area contributed by atoms with Crippen LogP contribution < -0.4 is 10.6 Å². The summed E-state index contributed by atoms with van der Waals surface area (Å²) in [6, 6.07) is 5.08. The van der Waals surface area contributed by atoms with Gasteiger partial charge in [0.15, 0.2) is 5.78 Å². The minimum absolute atomic E-state index is 0.0410. The van der Waals surface area contributed by atoms with Crippen molar-refractivity contribution in [1.29, 1.82) is 0 Å². The number of nitrogens with one attached hydrogen (secondary N) is 3. The van der Waals surface area contributed by atoms with Crippen molar-refractivity contribution in [2.75, 3.05) is 11.9 Å². The molecule has 2 aromatic rings. The normalized spacial score (nSPS) is 19.9. The summed E-state index contributed by atoms with van der Waals surface area (Å²) in [6.45, 7) is 7.90. The molecular formula is C24H27N3O4. The zero-order valence-corrected chi connectivity index (χ0v) is 18.2. The molecule has 1 saturated heterocycles. The van der Waals surface area contributed by atoms with E-state index in [1.54, 1.807) is 24.3 Å². The fraction of sp³-hybridized carbons (Fsp3) is 0.375. The van der Waals surface area contributed by atoms with Crippen molar-refractivity contribution >= 4 is 34.9 Å². The van der Waals surface area contributed by atoms with Crippen molar-refractivity contribution in [3.63, 3.8) is 0 Å². The Morgan fingerprint density at radius 2 is 2.06 bits per heavy atom. The molecule has 0 radical (unpaired) electrons. The van der Waals surface area contributed by atoms with E-state index in [0.717, 1.165) is 30.7 Å². The van der Waals surface area contributed by atoms with E-state index >= 15 is 0 Å². The highest BCUT2D eigenvalue weighted by atomic mass is 16.5. The van der Waals surface area contributed by atoms with E-state index in [0.29, 0.717) is 33.6 Å². The van der Waals surface area contributed by atoms with Gasteiger partial charge in [0.2, 0.25) is 0 Å². The summed E-state index contributed by atoms with van der Waals surface area (Å²) < 4.78 is 5.68. The number of aromatic nitrogens is 1. The molecule has 2 amide bonds. The first-order chi connectivity index (χ1) is 14.8. The number of carbonyl (C=O) groups excluding carboxylic acids is 3. The van der Waals surface area contributed by atoms with Crippen LogP contribution in [0.1, 0.15) is 69.9 Å². The van der Waals surface area contributed by atoms with Gasteiger partial charge in [-0.3, -0.25) is 14.4 Å². The van der Waals surface area contributed by atoms with Crippen LogP contribution in [0.5, 0.6) is 0 Å². The third-order valence-electron chi connectivity index (χ3n) is 6.08. The van der Waals surface area contributed by atoms with Gasteiger partial charge in [-0.25, -0.2) is 0 Å². The maximum absolute atomic E-state index is 13.0. The van der Waals surface area contributed by atoms with E-state index < -0.39 is 0 Å². The van der Waals surface area contributed by atoms with E-state index in [9.17, 15) is 14.4 Å². The lowest BCUT2D eigenvalue weighted by atomic mass is 10.0. The largest absolute Gasteiger partial charge is 0.376 e. The lowest BCUT2D eigenvalue weighted by molar-refractivity contribution is -0.110. The van der Waals surface area contributed by atoms with Crippen molar-refractivity contribution in [3.8, 4) is 0 Å². The number of aromatic amines is 1. The Hall–Kier alpha value is -3.19. The summed E-state index contributed by atoms with van der Waals surface area (Å²) in [4.78, 5) is 40.5. The van der Waals surface area contributed by atoms with E-state index in [4.69, 9.17) is 4.74 Å². The van der Waals surface area contributed by atoms with Gasteiger partial charge in [-0.2, -0.15) is 0 Å². The van der Waals surface area contributed by atoms with Crippen LogP contribution in [0, 0.1) is 13.8 Å². The third kappa shape index (κ3) is 3.93. The standard InChI is InChI=1S/C24H27N3O4/c1-12-20(11-18-17-10-16(15(4)28)7-8-19(17)27-23(18)29)25-14(3)22(12)24(30)26-13(2)21-6-5-9-31-21/h7-8,10-11,13,21,25H,5-6,9H2,1-4H3,(H,26,30)(H,27,29)/b18-11-. The second kappa shape index (κ2) is 8.15. The molecule has 1 fully saturated rings. The molecule has 1 aromatic heterocycles. The van der Waals surface area contributed by atoms with Crippen molar-refractivity contribution in [1.82, 2.24) is 10.3 Å². The number of hydrogen-bond donors (Lipinski definition) is 3. The summed E-state index contributed by atoms with van der Waals surface area (Å²) in [7, 11) is 0. The zero-order valence-electron chi connectivity index (χ0n) is 18.2. The molecule has 0 spiro atoms. The quantitative estimate of drug-likeness (QED) is 0.507. The van der Waals surface area contributed by atoms with Crippen molar-refractivity contribution < 1.29 is 19.1 Å². The maximum Gasteiger partial charge on any atom is 0.256 e. The van der Waals surface area contributed by atoms with Gasteiger partial charge in [-0.15, -0.1) is 0 Å². The molecule has 3 N–H and O–H groups in total. The average molecular weight is 421 g/mol. The SMILES string of the molecule is CC(=O)c1ccc2c(c1)/C(=C/c1[nH]c(C)c(C(=O)NC(C)C3CCCO3)c1C)C(=O)N2. The zero-order chi connectivity index (χ0) is 22.3. The molecule has 0 aliphatic carbocycles. The predicted molar refractivity (Wildman–Crippen MR) is 119 cm³/mol. The number of hydrogen-bond acceptors (Lipinski definition) is 4. The minimum Gasteiger partial charge on any atom is -0.376 e. The number of fused-ring (bicyclic) bond motifs is 1. The number of rotatable bonds is 5. The first kappa shape index (κ1) is 21.1. The number of H-pyrrole nitrogens is 1. The summed E-state index contributed by atoms with van der Waals surface area (Å²) in [5, 5.41) is 5.88. The maximum atomic E-state index is 13.0. The Kier molecular flexibility index (Phi) is 5.54. The molecule has 3 heterocycles. The highest BCUT2D eigenvalue weighted by molar-refractivity contribution is 6.35. The van der Waals surface area contributed by atoms with Crippen molar-refractivity contribution in [2.45, 2.75) is 52.7 Å². The number of ketones is 1. The van der Waals surface area contributed by atoms with Gasteiger partial charge in [0.05, 0.1) is 23.3 Å². The number of benzene rings is 1. The molecule has 162 valence electrons. The molecule has 7 heteroatoms. The highest BCUT2D eigenvalue weighted by Gasteiger charge is 2.28. The number of anilines is 1. The summed E-state index contributed by atoms with van der Waals surface area (Å²) >= 11 is 0. The summed E-state index contributed by atoms with van der Waals surface area (Å²) in [5.41, 5.74) is 5.13. The number of aryl methyl sites for hydroxylation is 1. The van der Waals surface area contributed by atoms with Crippen LogP contribution in [-0.4, -0.2) is 41.3 Å². The van der Waals surface area contributed by atoms with E-state index in [1.165, 1.54) is 6.92 Å². The van der Waals surface area contributed by atoms with Gasteiger partial charge in [-0.1, -0.05) is 0 Å². The van der Waals surface area contributed by atoms with Gasteiger partial charge in [0.1, 0.15) is 0 Å². The average Bonchev–Trinajstić information content (AvgIpc) is 3.41. The second-order valence-electron chi connectivity index (χ2n) is 8.31. The first-order valence-corrected chi connectivity index (χ1v) is 10.6. The monoisotopic (exact) mass is 421 g/mol. The fourth-order valence-corrected chi connectivity index (χ4v) is 4.32. The highest BCUT2D eigenvalue weighted by Crippen LogP contribution is 2.35. The molecule has 0 bridgehead atoms. The van der Waals surface area contributed by atoms with Crippen LogP contribution in [0.2, 0.25) is 0 Å². The van der Waals surface area contributed by atoms with E-state index in [1.807, 2.05) is 20.8 Å². The topological polar surface area (TPSA) is 100 Å². The smallest absolute Gasteiger partial charge is 0.256 e. The van der Waals surface area contributed by atoms with E-state index in [2.05, 4.69) is 15.6 Å².